The molecule has 0 bridgehead atoms. The Kier molecular flexibility index (Phi) is 2.70. The minimum absolute atomic E-state index is 0.0711. The Morgan fingerprint density at radius 2 is 1.72 bits per heavy atom. The maximum absolute atomic E-state index is 5.70. The quantitative estimate of drug-likeness (QED) is 0.874. The van der Waals surface area contributed by atoms with E-state index >= 15 is 0 Å². The first kappa shape index (κ1) is 11.1. The Morgan fingerprint density at radius 1 is 1.00 bits per heavy atom. The predicted molar refractivity (Wildman–Crippen MR) is 69.9 cm³/mol. The van der Waals surface area contributed by atoms with E-state index in [2.05, 4.69) is 39.2 Å². The molecule has 0 saturated heterocycles. The summed E-state index contributed by atoms with van der Waals surface area (Å²) in [5, 5.41) is 0. The van der Waals surface area contributed by atoms with Crippen LogP contribution in [0.15, 0.2) is 36.7 Å². The number of hydrogen-bond donors (Lipinski definition) is 1. The van der Waals surface area contributed by atoms with Crippen LogP contribution >= 0.6 is 0 Å². The number of nitrogen functional groups attached to an aromatic ring is 1. The maximum Gasteiger partial charge on any atom is 0.223 e. The molecular formula is C14H16N4. The van der Waals surface area contributed by atoms with Gasteiger partial charge < -0.3 is 5.73 Å². The standard InChI is InChI=1S/C14H16N4/c15-13-17-10-16-12(18-13)14(8-4-5-9-14)11-6-2-1-3-7-11/h1-3,6-7,10H,4-5,8-9H2,(H2,15,16,17,18). The van der Waals surface area contributed by atoms with E-state index < -0.39 is 0 Å². The van der Waals surface area contributed by atoms with Crippen LogP contribution in [0, 0.1) is 0 Å². The van der Waals surface area contributed by atoms with Gasteiger partial charge in [0, 0.05) is 0 Å². The molecule has 18 heavy (non-hydrogen) atoms. The predicted octanol–water partition coefficient (Wildman–Crippen LogP) is 2.31. The zero-order chi connectivity index (χ0) is 12.4. The first-order valence-corrected chi connectivity index (χ1v) is 6.32. The van der Waals surface area contributed by atoms with Gasteiger partial charge in [-0.1, -0.05) is 43.2 Å². The van der Waals surface area contributed by atoms with E-state index in [1.165, 1.54) is 24.7 Å². The van der Waals surface area contributed by atoms with Crippen LogP contribution in [0.1, 0.15) is 37.1 Å². The van der Waals surface area contributed by atoms with Crippen molar-refractivity contribution in [3.05, 3.63) is 48.0 Å². The normalized spacial score (nSPS) is 17.8. The fourth-order valence-corrected chi connectivity index (χ4v) is 2.92. The number of rotatable bonds is 2. The van der Waals surface area contributed by atoms with Crippen molar-refractivity contribution in [2.24, 2.45) is 0 Å². The molecule has 0 amide bonds. The van der Waals surface area contributed by atoms with Gasteiger partial charge in [-0.15, -0.1) is 0 Å². The van der Waals surface area contributed by atoms with Crippen LogP contribution in [-0.2, 0) is 5.41 Å². The van der Waals surface area contributed by atoms with Crippen molar-refractivity contribution in [2.45, 2.75) is 31.1 Å². The summed E-state index contributed by atoms with van der Waals surface area (Å²) < 4.78 is 0. The minimum Gasteiger partial charge on any atom is -0.368 e. The highest BCUT2D eigenvalue weighted by Gasteiger charge is 2.40. The summed E-state index contributed by atoms with van der Waals surface area (Å²) in [5.74, 6) is 1.13. The molecule has 0 atom stereocenters. The smallest absolute Gasteiger partial charge is 0.223 e. The molecule has 4 heteroatoms. The number of benzene rings is 1. The van der Waals surface area contributed by atoms with Crippen molar-refractivity contribution in [3.63, 3.8) is 0 Å². The largest absolute Gasteiger partial charge is 0.368 e. The van der Waals surface area contributed by atoms with Gasteiger partial charge in [0.25, 0.3) is 0 Å². The highest BCUT2D eigenvalue weighted by molar-refractivity contribution is 5.35. The van der Waals surface area contributed by atoms with E-state index in [4.69, 9.17) is 5.73 Å². The SMILES string of the molecule is Nc1ncnc(C2(c3ccccc3)CCCC2)n1. The summed E-state index contributed by atoms with van der Waals surface area (Å²) in [6.45, 7) is 0. The number of nitrogens with zero attached hydrogens (tertiary/aromatic N) is 3. The third-order valence-electron chi connectivity index (χ3n) is 3.80. The van der Waals surface area contributed by atoms with Crippen LogP contribution in [0.3, 0.4) is 0 Å². The third kappa shape index (κ3) is 1.74. The number of aromatic nitrogens is 3. The van der Waals surface area contributed by atoms with Gasteiger partial charge in [0.2, 0.25) is 5.95 Å². The van der Waals surface area contributed by atoms with Crippen molar-refractivity contribution in [3.8, 4) is 0 Å². The lowest BCUT2D eigenvalue weighted by atomic mass is 9.78. The topological polar surface area (TPSA) is 64.7 Å². The van der Waals surface area contributed by atoms with Crippen molar-refractivity contribution >= 4 is 5.95 Å². The molecule has 2 N–H and O–H groups in total. The fourth-order valence-electron chi connectivity index (χ4n) is 2.92. The summed E-state index contributed by atoms with van der Waals surface area (Å²) >= 11 is 0. The summed E-state index contributed by atoms with van der Waals surface area (Å²) in [4.78, 5) is 12.6. The fraction of sp³-hybridized carbons (Fsp3) is 0.357. The summed E-state index contributed by atoms with van der Waals surface area (Å²) in [7, 11) is 0. The van der Waals surface area contributed by atoms with E-state index in [1.807, 2.05) is 6.07 Å². The molecule has 1 aliphatic rings. The van der Waals surface area contributed by atoms with Gasteiger partial charge in [-0.3, -0.25) is 0 Å². The highest BCUT2D eigenvalue weighted by Crippen LogP contribution is 2.44. The van der Waals surface area contributed by atoms with Crippen molar-refractivity contribution in [1.29, 1.82) is 0 Å². The molecule has 0 spiro atoms. The minimum atomic E-state index is -0.0711. The number of anilines is 1. The summed E-state index contributed by atoms with van der Waals surface area (Å²) in [6, 6.07) is 10.5. The maximum atomic E-state index is 5.70. The molecule has 1 heterocycles. The van der Waals surface area contributed by atoms with Crippen LogP contribution in [0.2, 0.25) is 0 Å². The van der Waals surface area contributed by atoms with Gasteiger partial charge in [-0.2, -0.15) is 4.98 Å². The molecule has 2 aromatic rings. The Hall–Kier alpha value is -1.97. The van der Waals surface area contributed by atoms with Gasteiger partial charge in [-0.25, -0.2) is 9.97 Å². The van der Waals surface area contributed by atoms with E-state index in [0.29, 0.717) is 5.95 Å². The summed E-state index contributed by atoms with van der Waals surface area (Å²) in [6.07, 6.45) is 6.10. The Morgan fingerprint density at radius 3 is 2.39 bits per heavy atom. The molecule has 92 valence electrons. The van der Waals surface area contributed by atoms with E-state index in [9.17, 15) is 0 Å². The lowest BCUT2D eigenvalue weighted by Crippen LogP contribution is -2.27. The van der Waals surface area contributed by atoms with Crippen LogP contribution < -0.4 is 5.73 Å². The first-order chi connectivity index (χ1) is 8.81. The zero-order valence-electron chi connectivity index (χ0n) is 10.2. The molecule has 4 nitrogen and oxygen atoms in total. The van der Waals surface area contributed by atoms with Crippen LogP contribution in [0.25, 0.3) is 0 Å². The molecule has 3 rings (SSSR count). The molecule has 0 aliphatic heterocycles. The highest BCUT2D eigenvalue weighted by atomic mass is 15.1. The van der Waals surface area contributed by atoms with Gasteiger partial charge in [0.05, 0.1) is 5.41 Å². The lowest BCUT2D eigenvalue weighted by molar-refractivity contribution is 0.497. The van der Waals surface area contributed by atoms with E-state index in [0.717, 1.165) is 18.7 Å². The van der Waals surface area contributed by atoms with Gasteiger partial charge in [0.15, 0.2) is 0 Å². The molecule has 0 radical (unpaired) electrons. The second-order valence-electron chi connectivity index (χ2n) is 4.82. The van der Waals surface area contributed by atoms with Crippen molar-refractivity contribution in [1.82, 2.24) is 15.0 Å². The number of hydrogen-bond acceptors (Lipinski definition) is 4. The van der Waals surface area contributed by atoms with Gasteiger partial charge in [-0.05, 0) is 18.4 Å². The molecule has 1 aromatic heterocycles. The Labute approximate surface area is 106 Å². The lowest BCUT2D eigenvalue weighted by Gasteiger charge is -2.27. The average Bonchev–Trinajstić information content (AvgIpc) is 2.90. The first-order valence-electron chi connectivity index (χ1n) is 6.32. The third-order valence-corrected chi connectivity index (χ3v) is 3.80. The van der Waals surface area contributed by atoms with Gasteiger partial charge in [0.1, 0.15) is 12.2 Å². The van der Waals surface area contributed by atoms with E-state index in [-0.39, 0.29) is 5.41 Å². The molecule has 0 unspecified atom stereocenters. The second-order valence-corrected chi connectivity index (χ2v) is 4.82. The monoisotopic (exact) mass is 240 g/mol. The van der Waals surface area contributed by atoms with Crippen molar-refractivity contribution < 1.29 is 0 Å². The summed E-state index contributed by atoms with van der Waals surface area (Å²) in [5.41, 5.74) is 6.92. The Bertz CT molecular complexity index is 533. The van der Waals surface area contributed by atoms with E-state index in [1.54, 1.807) is 0 Å². The van der Waals surface area contributed by atoms with Crippen LogP contribution in [0.4, 0.5) is 5.95 Å². The van der Waals surface area contributed by atoms with Crippen LogP contribution in [0.5, 0.6) is 0 Å². The molecule has 1 aromatic carbocycles. The average molecular weight is 240 g/mol. The number of nitrogens with two attached hydrogens (primary N) is 1. The van der Waals surface area contributed by atoms with Crippen molar-refractivity contribution in [2.75, 3.05) is 5.73 Å². The van der Waals surface area contributed by atoms with Crippen LogP contribution in [-0.4, -0.2) is 15.0 Å². The molecule has 1 aliphatic carbocycles. The second kappa shape index (κ2) is 4.37. The zero-order valence-corrected chi connectivity index (χ0v) is 10.2. The molecule has 1 fully saturated rings. The Balaban J connectivity index is 2.13. The molecule has 1 saturated carbocycles. The van der Waals surface area contributed by atoms with Gasteiger partial charge >= 0.3 is 0 Å². The molecular weight excluding hydrogens is 224 g/mol.